The second-order valence-electron chi connectivity index (χ2n) is 4.07. The average Bonchev–Trinajstić information content (AvgIpc) is 2.74. The molecule has 1 unspecified atom stereocenters. The summed E-state index contributed by atoms with van der Waals surface area (Å²) in [5.41, 5.74) is -0.433. The lowest BCUT2D eigenvalue weighted by atomic mass is 9.83. The fourth-order valence-corrected chi connectivity index (χ4v) is 2.57. The van der Waals surface area contributed by atoms with Crippen LogP contribution >= 0.6 is 0 Å². The van der Waals surface area contributed by atoms with Crippen LogP contribution in [-0.4, -0.2) is 40.7 Å². The summed E-state index contributed by atoms with van der Waals surface area (Å²) >= 11 is 0. The number of aliphatic hydroxyl groups excluding tert-OH is 1. The van der Waals surface area contributed by atoms with Crippen molar-refractivity contribution in [1.29, 1.82) is 0 Å². The van der Waals surface area contributed by atoms with Crippen molar-refractivity contribution in [2.45, 2.75) is 43.4 Å². The Kier molecular flexibility index (Phi) is 2.36. The number of carbonyl (C=O) groups is 1. The molecule has 0 saturated carbocycles. The molecule has 0 radical (unpaired) electrons. The molecule has 2 saturated heterocycles. The smallest absolute Gasteiger partial charge is 0.405 e. The molecule has 3 N–H and O–H groups in total. The van der Waals surface area contributed by atoms with E-state index in [9.17, 15) is 4.79 Å². The van der Waals surface area contributed by atoms with Gasteiger partial charge in [0.05, 0.1) is 24.4 Å². The highest BCUT2D eigenvalue weighted by Gasteiger charge is 2.51. The highest BCUT2D eigenvalue weighted by atomic mass is 16.5. The number of amides is 1. The summed E-state index contributed by atoms with van der Waals surface area (Å²) in [5, 5.41) is 20.1. The Morgan fingerprint density at radius 1 is 1.57 bits per heavy atom. The van der Waals surface area contributed by atoms with Crippen molar-refractivity contribution in [1.82, 2.24) is 5.32 Å². The minimum Gasteiger partial charge on any atom is -0.465 e. The van der Waals surface area contributed by atoms with Crippen molar-refractivity contribution >= 4 is 6.09 Å². The fourth-order valence-electron chi connectivity index (χ4n) is 2.57. The van der Waals surface area contributed by atoms with Crippen LogP contribution < -0.4 is 5.32 Å². The van der Waals surface area contributed by atoms with E-state index >= 15 is 0 Å². The van der Waals surface area contributed by atoms with E-state index in [1.54, 1.807) is 0 Å². The average molecular weight is 201 g/mol. The molecular formula is C9H15NO4. The molecule has 2 fully saturated rings. The lowest BCUT2D eigenvalue weighted by molar-refractivity contribution is -0.0286. The van der Waals surface area contributed by atoms with Crippen molar-refractivity contribution < 1.29 is 19.7 Å². The van der Waals surface area contributed by atoms with Gasteiger partial charge in [-0.2, -0.15) is 0 Å². The second-order valence-corrected chi connectivity index (χ2v) is 4.07. The standard InChI is InChI=1S/C9H15NO4/c11-5-7(10-8(12)13)9-3-1-6(14-9)2-4-9/h6-7,10-11H,1-5H2,(H,12,13). The number of ether oxygens (including phenoxy) is 1. The Balaban J connectivity index is 2.06. The quantitative estimate of drug-likeness (QED) is 0.614. The molecule has 0 aromatic carbocycles. The van der Waals surface area contributed by atoms with Crippen molar-refractivity contribution in [3.8, 4) is 0 Å². The minimum atomic E-state index is -1.10. The van der Waals surface area contributed by atoms with E-state index in [-0.39, 0.29) is 12.7 Å². The second kappa shape index (κ2) is 3.40. The molecule has 0 aromatic rings. The van der Waals surface area contributed by atoms with Gasteiger partial charge in [0.1, 0.15) is 0 Å². The molecule has 80 valence electrons. The van der Waals surface area contributed by atoms with E-state index in [4.69, 9.17) is 14.9 Å². The van der Waals surface area contributed by atoms with Crippen LogP contribution in [0.5, 0.6) is 0 Å². The Labute approximate surface area is 82.1 Å². The van der Waals surface area contributed by atoms with Crippen LogP contribution in [0.15, 0.2) is 0 Å². The molecule has 1 amide bonds. The van der Waals surface area contributed by atoms with Gasteiger partial charge in [-0.15, -0.1) is 0 Å². The Bertz CT molecular complexity index is 235. The molecule has 2 rings (SSSR count). The fraction of sp³-hybridized carbons (Fsp3) is 0.889. The van der Waals surface area contributed by atoms with Crippen LogP contribution in [0.1, 0.15) is 25.7 Å². The molecule has 2 bridgehead atoms. The van der Waals surface area contributed by atoms with Gasteiger partial charge in [-0.3, -0.25) is 0 Å². The first-order valence-corrected chi connectivity index (χ1v) is 4.94. The van der Waals surface area contributed by atoms with Gasteiger partial charge in [0.25, 0.3) is 0 Å². The Morgan fingerprint density at radius 3 is 2.57 bits per heavy atom. The number of aliphatic hydroxyl groups is 1. The zero-order valence-corrected chi connectivity index (χ0v) is 7.90. The lowest BCUT2D eigenvalue weighted by Gasteiger charge is -2.32. The van der Waals surface area contributed by atoms with Crippen LogP contribution in [0.25, 0.3) is 0 Å². The van der Waals surface area contributed by atoms with E-state index in [2.05, 4.69) is 5.32 Å². The maximum Gasteiger partial charge on any atom is 0.405 e. The number of hydrogen-bond donors (Lipinski definition) is 3. The number of carboxylic acid groups (broad SMARTS) is 1. The molecule has 5 heteroatoms. The molecule has 2 aliphatic rings. The summed E-state index contributed by atoms with van der Waals surface area (Å²) in [4.78, 5) is 10.5. The monoisotopic (exact) mass is 201 g/mol. The Hall–Kier alpha value is -0.810. The van der Waals surface area contributed by atoms with Gasteiger partial charge < -0.3 is 20.3 Å². The molecular weight excluding hydrogens is 186 g/mol. The molecule has 1 atom stereocenters. The predicted octanol–water partition coefficient (Wildman–Crippen LogP) is 0.326. The van der Waals surface area contributed by atoms with Crippen LogP contribution in [-0.2, 0) is 4.74 Å². The molecule has 2 aliphatic heterocycles. The summed E-state index contributed by atoms with van der Waals surface area (Å²) in [5.74, 6) is 0. The number of fused-ring (bicyclic) bond motifs is 2. The highest BCUT2D eigenvalue weighted by molar-refractivity contribution is 5.65. The van der Waals surface area contributed by atoms with Crippen molar-refractivity contribution in [2.24, 2.45) is 0 Å². The third kappa shape index (κ3) is 1.46. The van der Waals surface area contributed by atoms with E-state index in [0.29, 0.717) is 0 Å². The predicted molar refractivity (Wildman–Crippen MR) is 48.1 cm³/mol. The molecule has 14 heavy (non-hydrogen) atoms. The van der Waals surface area contributed by atoms with Gasteiger partial charge in [0, 0.05) is 0 Å². The summed E-state index contributed by atoms with van der Waals surface area (Å²) in [6, 6.07) is -0.479. The van der Waals surface area contributed by atoms with Gasteiger partial charge in [-0.25, -0.2) is 4.79 Å². The number of nitrogens with one attached hydrogen (secondary N) is 1. The molecule has 0 spiro atoms. The third-order valence-corrected chi connectivity index (χ3v) is 3.30. The minimum absolute atomic E-state index is 0.195. The first kappa shape index (κ1) is 9.73. The summed E-state index contributed by atoms with van der Waals surface area (Å²) in [7, 11) is 0. The van der Waals surface area contributed by atoms with Crippen molar-refractivity contribution in [3.63, 3.8) is 0 Å². The molecule has 0 aromatic heterocycles. The van der Waals surface area contributed by atoms with E-state index in [1.807, 2.05) is 0 Å². The van der Waals surface area contributed by atoms with Crippen LogP contribution in [0.4, 0.5) is 4.79 Å². The zero-order valence-electron chi connectivity index (χ0n) is 7.90. The van der Waals surface area contributed by atoms with Gasteiger partial charge in [-0.05, 0) is 25.7 Å². The topological polar surface area (TPSA) is 78.8 Å². The van der Waals surface area contributed by atoms with E-state index < -0.39 is 17.7 Å². The molecule has 5 nitrogen and oxygen atoms in total. The summed E-state index contributed by atoms with van der Waals surface area (Å²) in [6.45, 7) is -0.195. The van der Waals surface area contributed by atoms with Crippen LogP contribution in [0.2, 0.25) is 0 Å². The van der Waals surface area contributed by atoms with E-state index in [0.717, 1.165) is 25.7 Å². The highest BCUT2D eigenvalue weighted by Crippen LogP contribution is 2.45. The maximum absolute atomic E-state index is 10.5. The first-order chi connectivity index (χ1) is 6.66. The van der Waals surface area contributed by atoms with Gasteiger partial charge >= 0.3 is 6.09 Å². The van der Waals surface area contributed by atoms with E-state index in [1.165, 1.54) is 0 Å². The number of hydrogen-bond acceptors (Lipinski definition) is 3. The Morgan fingerprint density at radius 2 is 2.21 bits per heavy atom. The van der Waals surface area contributed by atoms with Gasteiger partial charge in [-0.1, -0.05) is 0 Å². The summed E-state index contributed by atoms with van der Waals surface area (Å²) < 4.78 is 5.73. The largest absolute Gasteiger partial charge is 0.465 e. The third-order valence-electron chi connectivity index (χ3n) is 3.30. The van der Waals surface area contributed by atoms with Gasteiger partial charge in [0.2, 0.25) is 0 Å². The number of rotatable bonds is 3. The van der Waals surface area contributed by atoms with Crippen LogP contribution in [0, 0.1) is 0 Å². The normalized spacial score (nSPS) is 37.1. The SMILES string of the molecule is O=C(O)NC(CO)C12CCC(CC1)O2. The first-order valence-electron chi connectivity index (χ1n) is 4.94. The lowest BCUT2D eigenvalue weighted by Crippen LogP contribution is -2.53. The van der Waals surface area contributed by atoms with Gasteiger partial charge in [0.15, 0.2) is 0 Å². The van der Waals surface area contributed by atoms with Crippen LogP contribution in [0.3, 0.4) is 0 Å². The van der Waals surface area contributed by atoms with Crippen molar-refractivity contribution in [2.75, 3.05) is 6.61 Å². The molecule has 2 heterocycles. The zero-order chi connectivity index (χ0) is 10.2. The van der Waals surface area contributed by atoms with Crippen molar-refractivity contribution in [3.05, 3.63) is 0 Å². The maximum atomic E-state index is 10.5. The summed E-state index contributed by atoms with van der Waals surface area (Å²) in [6.07, 6.45) is 2.85. The molecule has 0 aliphatic carbocycles.